The van der Waals surface area contributed by atoms with Gasteiger partial charge in [-0.05, 0) is 50.0 Å². The minimum atomic E-state index is -0.853. The van der Waals surface area contributed by atoms with Gasteiger partial charge in [0.15, 0.2) is 0 Å². The highest BCUT2D eigenvalue weighted by Crippen LogP contribution is 2.27. The Kier molecular flexibility index (Phi) is 3.26. The van der Waals surface area contributed by atoms with Gasteiger partial charge >= 0.3 is 5.97 Å². The highest BCUT2D eigenvalue weighted by atomic mass is 16.4. The molecule has 4 heteroatoms. The molecule has 20 heavy (non-hydrogen) atoms. The summed E-state index contributed by atoms with van der Waals surface area (Å²) in [6.45, 7) is 5.28. The number of carboxylic acid groups (broad SMARTS) is 1. The molecule has 0 bridgehead atoms. The van der Waals surface area contributed by atoms with Gasteiger partial charge in [0.2, 0.25) is 0 Å². The zero-order chi connectivity index (χ0) is 14.3. The third-order valence-corrected chi connectivity index (χ3v) is 4.16. The fourth-order valence-electron chi connectivity index (χ4n) is 3.32. The van der Waals surface area contributed by atoms with Crippen molar-refractivity contribution in [2.45, 2.75) is 26.3 Å². The van der Waals surface area contributed by atoms with E-state index in [0.717, 1.165) is 36.1 Å². The smallest absolute Gasteiger partial charge is 0.337 e. The third kappa shape index (κ3) is 2.20. The van der Waals surface area contributed by atoms with Crippen molar-refractivity contribution in [3.05, 3.63) is 35.0 Å². The van der Waals surface area contributed by atoms with Crippen LogP contribution >= 0.6 is 0 Å². The summed E-state index contributed by atoms with van der Waals surface area (Å²) < 4.78 is 1.91. The second kappa shape index (κ2) is 4.94. The van der Waals surface area contributed by atoms with Crippen LogP contribution in [0, 0.1) is 6.92 Å². The third-order valence-electron chi connectivity index (χ3n) is 4.16. The molecule has 1 aromatic carbocycles. The van der Waals surface area contributed by atoms with Gasteiger partial charge in [0.05, 0.1) is 11.1 Å². The molecule has 1 aliphatic rings. The first-order chi connectivity index (χ1) is 9.56. The highest BCUT2D eigenvalue weighted by Gasteiger charge is 2.17. The molecule has 106 valence electrons. The number of rotatable bonds is 3. The number of nitrogens with zero attached hydrogens (tertiary/aromatic N) is 2. The van der Waals surface area contributed by atoms with Gasteiger partial charge in [0.25, 0.3) is 0 Å². The zero-order valence-corrected chi connectivity index (χ0v) is 12.0. The molecule has 0 saturated carbocycles. The summed E-state index contributed by atoms with van der Waals surface area (Å²) in [6.07, 6.45) is 4.25. The van der Waals surface area contributed by atoms with E-state index < -0.39 is 5.97 Å². The molecule has 2 aromatic rings. The molecule has 1 N–H and O–H groups in total. The van der Waals surface area contributed by atoms with Crippen molar-refractivity contribution in [3.63, 3.8) is 0 Å². The van der Waals surface area contributed by atoms with Gasteiger partial charge in [0, 0.05) is 25.2 Å². The topological polar surface area (TPSA) is 45.5 Å². The Morgan fingerprint density at radius 1 is 1.30 bits per heavy atom. The Labute approximate surface area is 118 Å². The maximum Gasteiger partial charge on any atom is 0.337 e. The minimum Gasteiger partial charge on any atom is -0.478 e. The average molecular weight is 272 g/mol. The van der Waals surface area contributed by atoms with Gasteiger partial charge < -0.3 is 9.67 Å². The zero-order valence-electron chi connectivity index (χ0n) is 12.0. The first-order valence-electron chi connectivity index (χ1n) is 7.10. The maximum absolute atomic E-state index is 11.4. The van der Waals surface area contributed by atoms with Crippen LogP contribution in [0.15, 0.2) is 18.3 Å². The van der Waals surface area contributed by atoms with Crippen LogP contribution in [-0.4, -0.2) is 33.6 Å². The number of aromatic carboxylic acids is 1. The monoisotopic (exact) mass is 272 g/mol. The molecule has 4 nitrogen and oxygen atoms in total. The van der Waals surface area contributed by atoms with Crippen molar-refractivity contribution >= 4 is 16.9 Å². The largest absolute Gasteiger partial charge is 0.478 e. The molecule has 0 spiro atoms. The van der Waals surface area contributed by atoms with Crippen LogP contribution in [-0.2, 0) is 13.6 Å². The van der Waals surface area contributed by atoms with Crippen molar-refractivity contribution in [1.82, 2.24) is 9.47 Å². The van der Waals surface area contributed by atoms with Gasteiger partial charge in [-0.1, -0.05) is 6.07 Å². The Balaban J connectivity index is 2.06. The number of carboxylic acids is 1. The maximum atomic E-state index is 11.4. The molecule has 0 atom stereocenters. The van der Waals surface area contributed by atoms with Crippen LogP contribution in [0.2, 0.25) is 0 Å². The number of hydrogen-bond acceptors (Lipinski definition) is 2. The lowest BCUT2D eigenvalue weighted by atomic mass is 10.0. The molecular formula is C16H20N2O2. The van der Waals surface area contributed by atoms with Crippen LogP contribution < -0.4 is 0 Å². The summed E-state index contributed by atoms with van der Waals surface area (Å²) in [4.78, 5) is 13.8. The number of fused-ring (bicyclic) bond motifs is 1. The minimum absolute atomic E-state index is 0.397. The summed E-state index contributed by atoms with van der Waals surface area (Å²) in [5, 5.41) is 10.2. The predicted octanol–water partition coefficient (Wildman–Crippen LogP) is 2.78. The summed E-state index contributed by atoms with van der Waals surface area (Å²) in [5.74, 6) is -0.853. The molecule has 1 aromatic heterocycles. The standard InChI is InChI=1S/C16H20N2O2/c1-11-7-12(9-18-5-3-4-6-18)8-13-14(16(19)20)10-17(2)15(11)13/h7-8,10H,3-6,9H2,1-2H3,(H,19,20). The van der Waals surface area contributed by atoms with E-state index in [9.17, 15) is 9.90 Å². The van der Waals surface area contributed by atoms with E-state index in [1.807, 2.05) is 17.7 Å². The fraction of sp³-hybridized carbons (Fsp3) is 0.438. The second-order valence-electron chi connectivity index (χ2n) is 5.75. The van der Waals surface area contributed by atoms with Crippen molar-refractivity contribution in [2.24, 2.45) is 7.05 Å². The molecule has 0 unspecified atom stereocenters. The van der Waals surface area contributed by atoms with Gasteiger partial charge in [-0.25, -0.2) is 4.79 Å². The Hall–Kier alpha value is -1.81. The molecule has 1 aliphatic heterocycles. The quantitative estimate of drug-likeness (QED) is 0.934. The van der Waals surface area contributed by atoms with Gasteiger partial charge in [-0.2, -0.15) is 0 Å². The van der Waals surface area contributed by atoms with E-state index in [2.05, 4.69) is 17.9 Å². The van der Waals surface area contributed by atoms with Crippen molar-refractivity contribution in [1.29, 1.82) is 0 Å². The molecule has 0 radical (unpaired) electrons. The summed E-state index contributed by atoms with van der Waals surface area (Å²) in [6, 6.07) is 4.23. The van der Waals surface area contributed by atoms with Crippen LogP contribution in [0.5, 0.6) is 0 Å². The first kappa shape index (κ1) is 13.2. The summed E-state index contributed by atoms with van der Waals surface area (Å²) >= 11 is 0. The molecule has 1 saturated heterocycles. The van der Waals surface area contributed by atoms with E-state index >= 15 is 0 Å². The van der Waals surface area contributed by atoms with E-state index in [4.69, 9.17) is 0 Å². The number of likely N-dealkylation sites (tertiary alicyclic amines) is 1. The Morgan fingerprint density at radius 2 is 2.00 bits per heavy atom. The van der Waals surface area contributed by atoms with E-state index in [0.29, 0.717) is 5.56 Å². The number of aromatic nitrogens is 1. The van der Waals surface area contributed by atoms with E-state index in [1.165, 1.54) is 18.4 Å². The van der Waals surface area contributed by atoms with Crippen molar-refractivity contribution in [3.8, 4) is 0 Å². The van der Waals surface area contributed by atoms with Gasteiger partial charge in [-0.15, -0.1) is 0 Å². The SMILES string of the molecule is Cc1cc(CN2CCCC2)cc2c(C(=O)O)cn(C)c12. The fourth-order valence-corrected chi connectivity index (χ4v) is 3.32. The lowest BCUT2D eigenvalue weighted by Gasteiger charge is -2.15. The first-order valence-corrected chi connectivity index (χ1v) is 7.10. The lowest BCUT2D eigenvalue weighted by Crippen LogP contribution is -2.18. The number of aryl methyl sites for hydroxylation is 2. The number of hydrogen-bond donors (Lipinski definition) is 1. The second-order valence-corrected chi connectivity index (χ2v) is 5.75. The van der Waals surface area contributed by atoms with E-state index in [-0.39, 0.29) is 0 Å². The molecule has 0 amide bonds. The lowest BCUT2D eigenvalue weighted by molar-refractivity contribution is 0.0699. The van der Waals surface area contributed by atoms with Crippen molar-refractivity contribution in [2.75, 3.05) is 13.1 Å². The summed E-state index contributed by atoms with van der Waals surface area (Å²) in [5.41, 5.74) is 3.78. The van der Waals surface area contributed by atoms with Gasteiger partial charge in [-0.3, -0.25) is 4.90 Å². The molecule has 1 fully saturated rings. The van der Waals surface area contributed by atoms with E-state index in [1.54, 1.807) is 6.20 Å². The predicted molar refractivity (Wildman–Crippen MR) is 79.1 cm³/mol. The van der Waals surface area contributed by atoms with Crippen molar-refractivity contribution < 1.29 is 9.90 Å². The average Bonchev–Trinajstić information content (AvgIpc) is 2.97. The highest BCUT2D eigenvalue weighted by molar-refractivity contribution is 6.04. The van der Waals surface area contributed by atoms with Crippen LogP contribution in [0.1, 0.15) is 34.3 Å². The molecule has 0 aliphatic carbocycles. The van der Waals surface area contributed by atoms with Crippen LogP contribution in [0.4, 0.5) is 0 Å². The number of carbonyl (C=O) groups is 1. The number of benzene rings is 1. The summed E-state index contributed by atoms with van der Waals surface area (Å²) in [7, 11) is 1.90. The normalized spacial score (nSPS) is 16.1. The van der Waals surface area contributed by atoms with Gasteiger partial charge in [0.1, 0.15) is 0 Å². The van der Waals surface area contributed by atoms with Crippen LogP contribution in [0.25, 0.3) is 10.9 Å². The molecular weight excluding hydrogens is 252 g/mol. The molecule has 2 heterocycles. The Bertz CT molecular complexity index is 667. The molecule has 3 rings (SSSR count). The Morgan fingerprint density at radius 3 is 2.65 bits per heavy atom. The van der Waals surface area contributed by atoms with Crippen LogP contribution in [0.3, 0.4) is 0 Å².